The molecule has 3 rings (SSSR count). The molecule has 1 aromatic heterocycles. The first-order valence-electron chi connectivity index (χ1n) is 8.81. The second-order valence-electron chi connectivity index (χ2n) is 6.92. The van der Waals surface area contributed by atoms with E-state index in [1.807, 2.05) is 17.9 Å². The lowest BCUT2D eigenvalue weighted by Gasteiger charge is -2.34. The van der Waals surface area contributed by atoms with E-state index in [0.717, 1.165) is 37.3 Å². The van der Waals surface area contributed by atoms with Crippen LogP contribution in [0.2, 0.25) is 0 Å². The summed E-state index contributed by atoms with van der Waals surface area (Å²) in [5.41, 5.74) is 2.21. The zero-order chi connectivity index (χ0) is 17.3. The van der Waals surface area contributed by atoms with Gasteiger partial charge in [0.1, 0.15) is 11.9 Å². The van der Waals surface area contributed by atoms with Crippen LogP contribution in [0.5, 0.6) is 0 Å². The summed E-state index contributed by atoms with van der Waals surface area (Å²) >= 11 is 0. The second kappa shape index (κ2) is 6.93. The van der Waals surface area contributed by atoms with Crippen LogP contribution in [0.15, 0.2) is 24.3 Å². The Bertz CT molecular complexity index is 722. The van der Waals surface area contributed by atoms with E-state index in [1.54, 1.807) is 7.11 Å². The number of nitrogens with zero attached hydrogens (tertiary/aromatic N) is 3. The topological polar surface area (TPSA) is 47.4 Å². The van der Waals surface area contributed by atoms with Gasteiger partial charge in [0.05, 0.1) is 11.0 Å². The summed E-state index contributed by atoms with van der Waals surface area (Å²) < 4.78 is 7.53. The van der Waals surface area contributed by atoms with Gasteiger partial charge in [-0.1, -0.05) is 12.1 Å². The van der Waals surface area contributed by atoms with Gasteiger partial charge in [0.15, 0.2) is 0 Å². The number of amides is 1. The van der Waals surface area contributed by atoms with Gasteiger partial charge < -0.3 is 14.2 Å². The van der Waals surface area contributed by atoms with Gasteiger partial charge in [0.2, 0.25) is 0 Å². The average Bonchev–Trinajstić information content (AvgIpc) is 3.00. The lowest BCUT2D eigenvalue weighted by molar-refractivity contribution is -0.142. The van der Waals surface area contributed by atoms with Crippen LogP contribution < -0.4 is 0 Å². The zero-order valence-corrected chi connectivity index (χ0v) is 15.0. The van der Waals surface area contributed by atoms with Gasteiger partial charge in [0, 0.05) is 32.2 Å². The van der Waals surface area contributed by atoms with Crippen molar-refractivity contribution in [2.24, 2.45) is 0 Å². The van der Waals surface area contributed by atoms with Crippen LogP contribution in [0.25, 0.3) is 11.0 Å². The highest BCUT2D eigenvalue weighted by molar-refractivity contribution is 5.81. The summed E-state index contributed by atoms with van der Waals surface area (Å²) in [4.78, 5) is 19.3. The van der Waals surface area contributed by atoms with E-state index in [9.17, 15) is 4.79 Å². The summed E-state index contributed by atoms with van der Waals surface area (Å²) in [6.45, 7) is 7.73. The summed E-state index contributed by atoms with van der Waals surface area (Å²) in [7, 11) is 1.59. The lowest BCUT2D eigenvalue weighted by atomic mass is 9.96. The zero-order valence-electron chi connectivity index (χ0n) is 15.0. The SMILES string of the molecule is CO[C@H](C)C(=O)N1CCC[C@@H](c2nc3ccccc3n2C(C)C)C1. The first-order chi connectivity index (χ1) is 11.5. The first-order valence-corrected chi connectivity index (χ1v) is 8.81. The number of hydrogen-bond acceptors (Lipinski definition) is 3. The molecule has 0 unspecified atom stereocenters. The molecule has 0 saturated carbocycles. The Morgan fingerprint density at radius 3 is 2.75 bits per heavy atom. The summed E-state index contributed by atoms with van der Waals surface area (Å²) in [6, 6.07) is 8.63. The highest BCUT2D eigenvalue weighted by atomic mass is 16.5. The molecular weight excluding hydrogens is 302 g/mol. The molecule has 130 valence electrons. The molecule has 0 aliphatic carbocycles. The Hall–Kier alpha value is -1.88. The van der Waals surface area contributed by atoms with Gasteiger partial charge in [0.25, 0.3) is 5.91 Å². The Kier molecular flexibility index (Phi) is 4.90. The number of methoxy groups -OCH3 is 1. The highest BCUT2D eigenvalue weighted by Crippen LogP contribution is 2.31. The number of likely N-dealkylation sites (tertiary alicyclic amines) is 1. The van der Waals surface area contributed by atoms with E-state index in [1.165, 1.54) is 5.52 Å². The molecule has 1 fully saturated rings. The van der Waals surface area contributed by atoms with Gasteiger partial charge in [-0.3, -0.25) is 4.79 Å². The third-order valence-electron chi connectivity index (χ3n) is 4.94. The number of benzene rings is 1. The molecule has 5 heteroatoms. The Labute approximate surface area is 143 Å². The number of hydrogen-bond donors (Lipinski definition) is 0. The molecule has 5 nitrogen and oxygen atoms in total. The highest BCUT2D eigenvalue weighted by Gasteiger charge is 2.30. The van der Waals surface area contributed by atoms with E-state index in [4.69, 9.17) is 9.72 Å². The van der Waals surface area contributed by atoms with Crippen LogP contribution in [0.3, 0.4) is 0 Å². The predicted octanol–water partition coefficient (Wildman–Crippen LogP) is 3.36. The molecule has 1 aliphatic heterocycles. The summed E-state index contributed by atoms with van der Waals surface area (Å²) in [5, 5.41) is 0. The standard InChI is InChI=1S/C19H27N3O2/c1-13(2)22-17-10-6-5-9-16(17)20-18(22)15-8-7-11-21(12-15)19(23)14(3)24-4/h5-6,9-10,13-15H,7-8,11-12H2,1-4H3/t14-,15-/m1/s1. The molecule has 1 aromatic carbocycles. The van der Waals surface area contributed by atoms with Gasteiger partial charge in [-0.05, 0) is 45.7 Å². The summed E-state index contributed by atoms with van der Waals surface area (Å²) in [6.07, 6.45) is 1.70. The maximum atomic E-state index is 12.5. The smallest absolute Gasteiger partial charge is 0.251 e. The van der Waals surface area contributed by atoms with E-state index in [0.29, 0.717) is 6.04 Å². The molecule has 0 N–H and O–H groups in total. The fraction of sp³-hybridized carbons (Fsp3) is 0.579. The number of rotatable bonds is 4. The monoisotopic (exact) mass is 329 g/mol. The third kappa shape index (κ3) is 3.05. The van der Waals surface area contributed by atoms with E-state index in [2.05, 4.69) is 36.6 Å². The van der Waals surface area contributed by atoms with Crippen molar-refractivity contribution in [1.82, 2.24) is 14.5 Å². The molecular formula is C19H27N3O2. The van der Waals surface area contributed by atoms with Crippen molar-refractivity contribution >= 4 is 16.9 Å². The van der Waals surface area contributed by atoms with Crippen molar-refractivity contribution in [3.05, 3.63) is 30.1 Å². The molecule has 0 bridgehead atoms. The number of fused-ring (bicyclic) bond motifs is 1. The maximum Gasteiger partial charge on any atom is 0.251 e. The van der Waals surface area contributed by atoms with Gasteiger partial charge >= 0.3 is 0 Å². The number of imidazole rings is 1. The van der Waals surface area contributed by atoms with E-state index in [-0.39, 0.29) is 17.9 Å². The predicted molar refractivity (Wildman–Crippen MR) is 95.1 cm³/mol. The van der Waals surface area contributed by atoms with Gasteiger partial charge in [-0.15, -0.1) is 0 Å². The van der Waals surface area contributed by atoms with Gasteiger partial charge in [-0.25, -0.2) is 4.98 Å². The fourth-order valence-electron chi connectivity index (χ4n) is 3.64. The minimum Gasteiger partial charge on any atom is -0.372 e. The molecule has 24 heavy (non-hydrogen) atoms. The molecule has 1 amide bonds. The average molecular weight is 329 g/mol. The Balaban J connectivity index is 1.92. The number of carbonyl (C=O) groups is 1. The first kappa shape index (κ1) is 17.0. The normalized spacial score (nSPS) is 19.9. The third-order valence-corrected chi connectivity index (χ3v) is 4.94. The molecule has 2 heterocycles. The van der Waals surface area contributed by atoms with Crippen LogP contribution in [0.1, 0.15) is 51.4 Å². The van der Waals surface area contributed by atoms with Crippen molar-refractivity contribution < 1.29 is 9.53 Å². The quantitative estimate of drug-likeness (QED) is 0.864. The molecule has 0 spiro atoms. The largest absolute Gasteiger partial charge is 0.372 e. The molecule has 0 radical (unpaired) electrons. The number of ether oxygens (including phenoxy) is 1. The van der Waals surface area contributed by atoms with E-state index < -0.39 is 0 Å². The van der Waals surface area contributed by atoms with Crippen molar-refractivity contribution in [2.75, 3.05) is 20.2 Å². The Morgan fingerprint density at radius 2 is 2.04 bits per heavy atom. The number of piperidine rings is 1. The van der Waals surface area contributed by atoms with Crippen LogP contribution in [0, 0.1) is 0 Å². The minimum atomic E-state index is -0.382. The van der Waals surface area contributed by atoms with Crippen LogP contribution in [-0.4, -0.2) is 46.7 Å². The van der Waals surface area contributed by atoms with Gasteiger partial charge in [-0.2, -0.15) is 0 Å². The Morgan fingerprint density at radius 1 is 1.29 bits per heavy atom. The van der Waals surface area contributed by atoms with Crippen molar-refractivity contribution in [2.45, 2.75) is 51.7 Å². The molecule has 2 atom stereocenters. The van der Waals surface area contributed by atoms with Crippen molar-refractivity contribution in [3.63, 3.8) is 0 Å². The van der Waals surface area contributed by atoms with Crippen LogP contribution >= 0.6 is 0 Å². The molecule has 2 aromatic rings. The molecule has 1 aliphatic rings. The van der Waals surface area contributed by atoms with Crippen LogP contribution in [0.4, 0.5) is 0 Å². The lowest BCUT2D eigenvalue weighted by Crippen LogP contribution is -2.44. The second-order valence-corrected chi connectivity index (χ2v) is 6.92. The van der Waals surface area contributed by atoms with Crippen molar-refractivity contribution in [3.8, 4) is 0 Å². The van der Waals surface area contributed by atoms with Crippen molar-refractivity contribution in [1.29, 1.82) is 0 Å². The maximum absolute atomic E-state index is 12.5. The fourth-order valence-corrected chi connectivity index (χ4v) is 3.64. The number of carbonyl (C=O) groups excluding carboxylic acids is 1. The van der Waals surface area contributed by atoms with Crippen LogP contribution in [-0.2, 0) is 9.53 Å². The number of para-hydroxylation sites is 2. The van der Waals surface area contributed by atoms with E-state index >= 15 is 0 Å². The summed E-state index contributed by atoms with van der Waals surface area (Å²) in [5.74, 6) is 1.46. The minimum absolute atomic E-state index is 0.0782. The number of aromatic nitrogens is 2. The molecule has 1 saturated heterocycles.